The first-order chi connectivity index (χ1) is 9.92. The Kier molecular flexibility index (Phi) is 6.60. The Balaban J connectivity index is 3.10. The van der Waals surface area contributed by atoms with Gasteiger partial charge in [-0.3, -0.25) is 9.59 Å². The second-order valence-corrected chi connectivity index (χ2v) is 5.22. The van der Waals surface area contributed by atoms with E-state index in [1.807, 2.05) is 0 Å². The van der Waals surface area contributed by atoms with Gasteiger partial charge in [0.25, 0.3) is 5.91 Å². The highest BCUT2D eigenvalue weighted by atomic mass is 35.5. The Hall–Kier alpha value is -1.64. The minimum absolute atomic E-state index is 0.0550. The van der Waals surface area contributed by atoms with Crippen LogP contribution in [-0.2, 0) is 14.3 Å². The number of halogens is 1. The molecule has 9 heteroatoms. The molecule has 0 radical (unpaired) electrons. The number of carbonyl (C=O) groups is 3. The van der Waals surface area contributed by atoms with E-state index in [0.717, 1.165) is 11.3 Å². The van der Waals surface area contributed by atoms with E-state index in [2.05, 4.69) is 5.32 Å². The molecular weight excluding hydrogens is 320 g/mol. The average molecular weight is 335 g/mol. The minimum atomic E-state index is -0.685. The number of esters is 1. The largest absolute Gasteiger partial charge is 0.460 e. The third-order valence-electron chi connectivity index (χ3n) is 2.47. The van der Waals surface area contributed by atoms with Crippen molar-refractivity contribution >= 4 is 45.7 Å². The average Bonchev–Trinajstić information content (AvgIpc) is 2.75. The zero-order chi connectivity index (χ0) is 16.0. The van der Waals surface area contributed by atoms with Crippen LogP contribution in [0.5, 0.6) is 0 Å². The molecule has 3 N–H and O–H groups in total. The van der Waals surface area contributed by atoms with Gasteiger partial charge in [0.1, 0.15) is 17.5 Å². The summed E-state index contributed by atoms with van der Waals surface area (Å²) in [6.07, 6.45) is 0. The van der Waals surface area contributed by atoms with Crippen LogP contribution in [0.3, 0.4) is 0 Å². The van der Waals surface area contributed by atoms with Crippen molar-refractivity contribution in [3.05, 3.63) is 16.0 Å². The Morgan fingerprint density at radius 2 is 2.00 bits per heavy atom. The topological polar surface area (TPSA) is 108 Å². The van der Waals surface area contributed by atoms with Crippen molar-refractivity contribution in [3.8, 4) is 0 Å². The summed E-state index contributed by atoms with van der Waals surface area (Å²) in [5, 5.41) is 2.64. The zero-order valence-electron chi connectivity index (χ0n) is 11.5. The Labute approximate surface area is 130 Å². The molecule has 0 aliphatic rings. The van der Waals surface area contributed by atoms with Gasteiger partial charge in [-0.1, -0.05) is 0 Å². The van der Waals surface area contributed by atoms with Gasteiger partial charge in [0.2, 0.25) is 5.91 Å². The molecule has 0 atom stereocenters. The third-order valence-corrected chi connectivity index (χ3v) is 3.93. The molecule has 1 heterocycles. The molecule has 0 aliphatic carbocycles. The Bertz CT molecular complexity index is 558. The molecule has 21 heavy (non-hydrogen) atoms. The molecule has 2 amide bonds. The summed E-state index contributed by atoms with van der Waals surface area (Å²) in [5.74, 6) is -2.13. The highest BCUT2D eigenvalue weighted by Gasteiger charge is 2.25. The van der Waals surface area contributed by atoms with E-state index in [1.54, 1.807) is 6.92 Å². The predicted octanol–water partition coefficient (Wildman–Crippen LogP) is 1.14. The third kappa shape index (κ3) is 4.42. The van der Waals surface area contributed by atoms with Crippen molar-refractivity contribution in [1.29, 1.82) is 0 Å². The Morgan fingerprint density at radius 1 is 1.33 bits per heavy atom. The number of nitrogens with two attached hydrogens (primary N) is 1. The molecule has 0 bridgehead atoms. The van der Waals surface area contributed by atoms with Crippen molar-refractivity contribution in [2.45, 2.75) is 6.92 Å². The maximum atomic E-state index is 12.1. The maximum Gasteiger partial charge on any atom is 0.341 e. The van der Waals surface area contributed by atoms with Gasteiger partial charge < -0.3 is 20.5 Å². The highest BCUT2D eigenvalue weighted by molar-refractivity contribution is 7.18. The van der Waals surface area contributed by atoms with Gasteiger partial charge in [0.05, 0.1) is 17.0 Å². The van der Waals surface area contributed by atoms with E-state index in [1.165, 1.54) is 7.11 Å². The second-order valence-electron chi connectivity index (χ2n) is 3.94. The summed E-state index contributed by atoms with van der Waals surface area (Å²) in [4.78, 5) is 35.0. The van der Waals surface area contributed by atoms with Crippen LogP contribution in [0.4, 0.5) is 5.00 Å². The number of ether oxygens (including phenoxy) is 2. The normalized spacial score (nSPS) is 10.2. The molecule has 1 aromatic heterocycles. The van der Waals surface area contributed by atoms with Crippen molar-refractivity contribution in [3.63, 3.8) is 0 Å². The smallest absolute Gasteiger partial charge is 0.341 e. The molecule has 0 saturated heterocycles. The van der Waals surface area contributed by atoms with Gasteiger partial charge in [-0.05, 0) is 12.5 Å². The number of nitrogens with one attached hydrogen (secondary N) is 1. The molecule has 0 fully saturated rings. The fraction of sp³-hybridized carbons (Fsp3) is 0.417. The lowest BCUT2D eigenvalue weighted by molar-refractivity contribution is -0.113. The van der Waals surface area contributed by atoms with Crippen LogP contribution < -0.4 is 11.1 Å². The first-order valence-corrected chi connectivity index (χ1v) is 7.22. The quantitative estimate of drug-likeness (QED) is 0.441. The molecule has 0 saturated carbocycles. The van der Waals surface area contributed by atoms with Gasteiger partial charge in [-0.15, -0.1) is 22.9 Å². The van der Waals surface area contributed by atoms with Crippen LogP contribution in [0.1, 0.15) is 25.6 Å². The van der Waals surface area contributed by atoms with Crippen LogP contribution in [-0.4, -0.2) is 44.0 Å². The number of rotatable bonds is 7. The molecule has 1 rings (SSSR count). The summed E-state index contributed by atoms with van der Waals surface area (Å²) >= 11 is 6.32. The van der Waals surface area contributed by atoms with Gasteiger partial charge in [0, 0.05) is 7.11 Å². The SMILES string of the molecule is COCCOC(=O)c1c(NC(=O)CCl)sc(C(N)=O)c1C. The number of primary amides is 1. The summed E-state index contributed by atoms with van der Waals surface area (Å²) < 4.78 is 9.78. The van der Waals surface area contributed by atoms with E-state index < -0.39 is 17.8 Å². The van der Waals surface area contributed by atoms with E-state index in [0.29, 0.717) is 5.56 Å². The van der Waals surface area contributed by atoms with E-state index in [9.17, 15) is 14.4 Å². The molecule has 0 spiro atoms. The van der Waals surface area contributed by atoms with Gasteiger partial charge in [0.15, 0.2) is 0 Å². The summed E-state index contributed by atoms with van der Waals surface area (Å²) in [6.45, 7) is 1.85. The maximum absolute atomic E-state index is 12.1. The monoisotopic (exact) mass is 334 g/mol. The van der Waals surface area contributed by atoms with Crippen molar-refractivity contribution in [2.24, 2.45) is 5.73 Å². The second kappa shape index (κ2) is 7.96. The summed E-state index contributed by atoms with van der Waals surface area (Å²) in [6, 6.07) is 0. The summed E-state index contributed by atoms with van der Waals surface area (Å²) in [7, 11) is 1.47. The first kappa shape index (κ1) is 17.4. The van der Waals surface area contributed by atoms with Crippen LogP contribution in [0.25, 0.3) is 0 Å². The molecule has 7 nitrogen and oxygen atoms in total. The van der Waals surface area contributed by atoms with Crippen molar-refractivity contribution in [2.75, 3.05) is 31.5 Å². The molecule has 0 aliphatic heterocycles. The summed E-state index contributed by atoms with van der Waals surface area (Å²) in [5.41, 5.74) is 5.70. The van der Waals surface area contributed by atoms with Gasteiger partial charge >= 0.3 is 5.97 Å². The molecule has 1 aromatic rings. The number of hydrogen-bond donors (Lipinski definition) is 2. The number of alkyl halides is 1. The number of amides is 2. The molecule has 0 aromatic carbocycles. The standard InChI is InChI=1S/C12H15ClN2O5S/c1-6-8(12(18)20-4-3-19-2)11(15-7(16)5-13)21-9(6)10(14)17/h3-5H2,1-2H3,(H2,14,17)(H,15,16). The van der Waals surface area contributed by atoms with Crippen LogP contribution >= 0.6 is 22.9 Å². The van der Waals surface area contributed by atoms with Crippen LogP contribution in [0.2, 0.25) is 0 Å². The van der Waals surface area contributed by atoms with E-state index in [4.69, 9.17) is 26.8 Å². The first-order valence-electron chi connectivity index (χ1n) is 5.87. The van der Waals surface area contributed by atoms with Crippen LogP contribution in [0.15, 0.2) is 0 Å². The number of thiophene rings is 1. The lowest BCUT2D eigenvalue weighted by Crippen LogP contribution is -2.16. The highest BCUT2D eigenvalue weighted by Crippen LogP contribution is 2.33. The fourth-order valence-corrected chi connectivity index (χ4v) is 2.66. The predicted molar refractivity (Wildman–Crippen MR) is 79.1 cm³/mol. The van der Waals surface area contributed by atoms with E-state index in [-0.39, 0.29) is 34.5 Å². The van der Waals surface area contributed by atoms with E-state index >= 15 is 0 Å². The molecule has 0 unspecified atom stereocenters. The molecule has 116 valence electrons. The van der Waals surface area contributed by atoms with Gasteiger partial charge in [-0.25, -0.2) is 4.79 Å². The minimum Gasteiger partial charge on any atom is -0.460 e. The van der Waals surface area contributed by atoms with Gasteiger partial charge in [-0.2, -0.15) is 0 Å². The number of methoxy groups -OCH3 is 1. The number of carbonyl (C=O) groups excluding carboxylic acids is 3. The number of anilines is 1. The lowest BCUT2D eigenvalue weighted by Gasteiger charge is -2.07. The van der Waals surface area contributed by atoms with Crippen LogP contribution in [0, 0.1) is 6.92 Å². The molecular formula is C12H15ClN2O5S. The Morgan fingerprint density at radius 3 is 2.52 bits per heavy atom. The zero-order valence-corrected chi connectivity index (χ0v) is 13.1. The lowest BCUT2D eigenvalue weighted by atomic mass is 10.1. The van der Waals surface area contributed by atoms with Crippen molar-refractivity contribution in [1.82, 2.24) is 0 Å². The van der Waals surface area contributed by atoms with Crippen molar-refractivity contribution < 1.29 is 23.9 Å². The number of hydrogen-bond acceptors (Lipinski definition) is 6. The fourth-order valence-electron chi connectivity index (χ4n) is 1.53.